The van der Waals surface area contributed by atoms with E-state index in [4.69, 9.17) is 14.2 Å². The molecule has 1 aliphatic heterocycles. The first-order valence-electron chi connectivity index (χ1n) is 12.2. The van der Waals surface area contributed by atoms with E-state index in [1.807, 2.05) is 43.3 Å². The number of allylic oxidation sites excluding steroid dienone is 3. The molecule has 5 heteroatoms. The lowest BCUT2D eigenvalue weighted by Gasteiger charge is -2.25. The molecule has 1 aromatic carbocycles. The summed E-state index contributed by atoms with van der Waals surface area (Å²) in [5.41, 5.74) is 3.30. The van der Waals surface area contributed by atoms with Crippen LogP contribution in [0.25, 0.3) is 0 Å². The fourth-order valence-corrected chi connectivity index (χ4v) is 4.72. The van der Waals surface area contributed by atoms with Crippen molar-refractivity contribution < 1.29 is 23.8 Å². The molecule has 0 unspecified atom stereocenters. The SMILES string of the molecule is C=C(C)[C@@H]1C/C=C(/C=O)CC[C@H]2O[C@]2(C)CC[C@@H](OC(=O)[C@H](OC)c2ccccc2)C(=C)CC1. The Hall–Kier alpha value is -2.50. The van der Waals surface area contributed by atoms with E-state index in [9.17, 15) is 9.59 Å². The Labute approximate surface area is 203 Å². The van der Waals surface area contributed by atoms with Crippen molar-refractivity contribution in [3.63, 3.8) is 0 Å². The second-order valence-corrected chi connectivity index (χ2v) is 9.82. The van der Waals surface area contributed by atoms with E-state index < -0.39 is 18.2 Å². The minimum Gasteiger partial charge on any atom is -0.456 e. The fourth-order valence-electron chi connectivity index (χ4n) is 4.72. The summed E-state index contributed by atoms with van der Waals surface area (Å²) in [6.07, 6.45) is 7.16. The van der Waals surface area contributed by atoms with Gasteiger partial charge in [0.15, 0.2) is 6.10 Å². The van der Waals surface area contributed by atoms with Crippen LogP contribution in [-0.4, -0.2) is 37.2 Å². The van der Waals surface area contributed by atoms with Crippen molar-refractivity contribution in [2.75, 3.05) is 7.11 Å². The molecule has 1 saturated heterocycles. The van der Waals surface area contributed by atoms with Crippen LogP contribution in [0, 0.1) is 5.92 Å². The average Bonchev–Trinajstić information content (AvgIpc) is 3.48. The van der Waals surface area contributed by atoms with Crippen LogP contribution in [0.2, 0.25) is 0 Å². The van der Waals surface area contributed by atoms with Crippen molar-refractivity contribution in [1.82, 2.24) is 0 Å². The van der Waals surface area contributed by atoms with E-state index in [0.717, 1.165) is 54.3 Å². The van der Waals surface area contributed by atoms with Gasteiger partial charge in [-0.2, -0.15) is 0 Å². The normalized spacial score (nSPS) is 30.6. The van der Waals surface area contributed by atoms with E-state index in [1.165, 1.54) is 7.11 Å². The number of epoxide rings is 1. The molecule has 1 fully saturated rings. The number of esters is 1. The summed E-state index contributed by atoms with van der Waals surface area (Å²) in [5, 5.41) is 0. The number of hydrogen-bond acceptors (Lipinski definition) is 5. The Balaban J connectivity index is 1.77. The third kappa shape index (κ3) is 6.77. The molecule has 5 atom stereocenters. The molecule has 34 heavy (non-hydrogen) atoms. The highest BCUT2D eigenvalue weighted by Crippen LogP contribution is 2.44. The van der Waals surface area contributed by atoms with Gasteiger partial charge in [-0.15, -0.1) is 0 Å². The predicted octanol–water partition coefficient (Wildman–Crippen LogP) is 6.06. The standard InChI is InChI=1S/C29H38O5/c1-20(2)23-14-11-21(3)25(33-28(31)27(32-5)24-9-7-6-8-10-24)17-18-29(4)26(34-29)16-13-22(19-30)12-15-23/h6-10,12,19,23,25-27H,1,3,11,13-18H2,2,4-5H3/b22-12+/t23-,25+,26+,27+,29+/m0/s1. The van der Waals surface area contributed by atoms with Crippen molar-refractivity contribution in [3.05, 3.63) is 71.8 Å². The summed E-state index contributed by atoms with van der Waals surface area (Å²) in [4.78, 5) is 24.7. The van der Waals surface area contributed by atoms with Crippen LogP contribution in [0.4, 0.5) is 0 Å². The Morgan fingerprint density at radius 3 is 2.59 bits per heavy atom. The Morgan fingerprint density at radius 1 is 1.21 bits per heavy atom. The molecule has 1 aromatic rings. The van der Waals surface area contributed by atoms with Crippen LogP contribution in [0.15, 0.2) is 66.3 Å². The summed E-state index contributed by atoms with van der Waals surface area (Å²) in [6.45, 7) is 12.6. The van der Waals surface area contributed by atoms with Gasteiger partial charge in [-0.3, -0.25) is 4.79 Å². The fraction of sp³-hybridized carbons (Fsp3) is 0.517. The van der Waals surface area contributed by atoms with E-state index in [1.54, 1.807) is 0 Å². The van der Waals surface area contributed by atoms with E-state index in [0.29, 0.717) is 19.3 Å². The maximum absolute atomic E-state index is 13.1. The zero-order valence-electron chi connectivity index (χ0n) is 20.8. The Kier molecular flexibility index (Phi) is 9.03. The zero-order chi connectivity index (χ0) is 24.7. The summed E-state index contributed by atoms with van der Waals surface area (Å²) in [5.74, 6) is -0.168. The van der Waals surface area contributed by atoms with E-state index in [2.05, 4.69) is 20.1 Å². The molecular weight excluding hydrogens is 428 g/mol. The van der Waals surface area contributed by atoms with Crippen molar-refractivity contribution in [2.24, 2.45) is 5.92 Å². The molecule has 0 radical (unpaired) electrons. The van der Waals surface area contributed by atoms with E-state index >= 15 is 0 Å². The number of rotatable bonds is 6. The average molecular weight is 467 g/mol. The van der Waals surface area contributed by atoms with Crippen molar-refractivity contribution >= 4 is 12.3 Å². The number of fused-ring (bicyclic) bond motifs is 1. The predicted molar refractivity (Wildman–Crippen MR) is 133 cm³/mol. The van der Waals surface area contributed by atoms with Crippen molar-refractivity contribution in [3.8, 4) is 0 Å². The molecule has 0 amide bonds. The van der Waals surface area contributed by atoms with E-state index in [-0.39, 0.29) is 17.6 Å². The Morgan fingerprint density at radius 2 is 1.94 bits per heavy atom. The number of aldehydes is 1. The minimum absolute atomic E-state index is 0.108. The molecule has 184 valence electrons. The molecule has 2 aliphatic rings. The first-order chi connectivity index (χ1) is 16.3. The number of carbonyl (C=O) groups is 2. The molecule has 3 rings (SSSR count). The van der Waals surface area contributed by atoms with Gasteiger partial charge in [0.25, 0.3) is 0 Å². The van der Waals surface area contributed by atoms with Gasteiger partial charge in [0.2, 0.25) is 0 Å². The van der Waals surface area contributed by atoms with Crippen molar-refractivity contribution in [1.29, 1.82) is 0 Å². The smallest absolute Gasteiger partial charge is 0.340 e. The second-order valence-electron chi connectivity index (χ2n) is 9.82. The number of ether oxygens (including phenoxy) is 3. The monoisotopic (exact) mass is 466 g/mol. The number of methoxy groups -OCH3 is 1. The van der Waals surface area contributed by atoms with Gasteiger partial charge < -0.3 is 14.2 Å². The van der Waals surface area contributed by atoms with Gasteiger partial charge in [-0.25, -0.2) is 4.79 Å². The molecule has 0 bridgehead atoms. The lowest BCUT2D eigenvalue weighted by Crippen LogP contribution is -2.27. The molecule has 5 nitrogen and oxygen atoms in total. The van der Waals surface area contributed by atoms with Crippen LogP contribution in [0.3, 0.4) is 0 Å². The third-order valence-corrected chi connectivity index (χ3v) is 7.23. The first kappa shape index (κ1) is 26.1. The highest BCUT2D eigenvalue weighted by atomic mass is 16.6. The quantitative estimate of drug-likeness (QED) is 0.221. The molecule has 1 aliphatic carbocycles. The maximum atomic E-state index is 13.1. The summed E-state index contributed by atoms with van der Waals surface area (Å²) >= 11 is 0. The van der Waals surface area contributed by atoms with Crippen LogP contribution in [0.5, 0.6) is 0 Å². The molecule has 0 saturated carbocycles. The van der Waals surface area contributed by atoms with Gasteiger partial charge in [-0.1, -0.05) is 55.1 Å². The first-order valence-corrected chi connectivity index (χ1v) is 12.2. The topological polar surface area (TPSA) is 65.1 Å². The van der Waals surface area contributed by atoms with Crippen LogP contribution in [0.1, 0.15) is 70.5 Å². The van der Waals surface area contributed by atoms with Crippen LogP contribution < -0.4 is 0 Å². The van der Waals surface area contributed by atoms with Gasteiger partial charge >= 0.3 is 5.97 Å². The maximum Gasteiger partial charge on any atom is 0.340 e. The lowest BCUT2D eigenvalue weighted by atomic mass is 9.87. The van der Waals surface area contributed by atoms with Gasteiger partial charge in [0, 0.05) is 7.11 Å². The van der Waals surface area contributed by atoms with Gasteiger partial charge in [0.05, 0.1) is 11.7 Å². The highest BCUT2D eigenvalue weighted by Gasteiger charge is 2.51. The lowest BCUT2D eigenvalue weighted by molar-refractivity contribution is -0.160. The van der Waals surface area contributed by atoms with Gasteiger partial charge in [-0.05, 0) is 81.4 Å². The van der Waals surface area contributed by atoms with Gasteiger partial charge in [0.1, 0.15) is 12.4 Å². The molecular formula is C29H38O5. The Bertz CT molecular complexity index is 918. The molecule has 1 heterocycles. The zero-order valence-corrected chi connectivity index (χ0v) is 20.8. The summed E-state index contributed by atoms with van der Waals surface area (Å²) in [7, 11) is 1.52. The molecule has 0 aromatic heterocycles. The number of carbonyl (C=O) groups excluding carboxylic acids is 2. The molecule has 0 N–H and O–H groups in total. The summed E-state index contributed by atoms with van der Waals surface area (Å²) in [6, 6.07) is 9.38. The third-order valence-electron chi connectivity index (χ3n) is 7.23. The second kappa shape index (κ2) is 11.8. The summed E-state index contributed by atoms with van der Waals surface area (Å²) < 4.78 is 17.5. The number of benzene rings is 1. The van der Waals surface area contributed by atoms with Crippen LogP contribution >= 0.6 is 0 Å². The minimum atomic E-state index is -0.780. The highest BCUT2D eigenvalue weighted by molar-refractivity contribution is 5.77. The van der Waals surface area contributed by atoms with Crippen LogP contribution in [-0.2, 0) is 23.8 Å². The molecule has 0 spiro atoms. The van der Waals surface area contributed by atoms with Crippen molar-refractivity contribution in [2.45, 2.75) is 82.7 Å². The number of hydrogen-bond donors (Lipinski definition) is 0. The largest absolute Gasteiger partial charge is 0.456 e.